The zero-order valence-corrected chi connectivity index (χ0v) is 15.0. The van der Waals surface area contributed by atoms with Gasteiger partial charge in [-0.15, -0.1) is 0 Å². The van der Waals surface area contributed by atoms with E-state index in [0.717, 1.165) is 17.5 Å². The molecule has 0 N–H and O–H groups in total. The summed E-state index contributed by atoms with van der Waals surface area (Å²) >= 11 is 0. The maximum Gasteiger partial charge on any atom is 0.336 e. The molecule has 4 rings (SSSR count). The highest BCUT2D eigenvalue weighted by Crippen LogP contribution is 2.17. The first kappa shape index (κ1) is 17.1. The molecule has 4 heteroatoms. The Morgan fingerprint density at radius 3 is 2.28 bits per heavy atom. The summed E-state index contributed by atoms with van der Waals surface area (Å²) < 4.78 is 7.30. The van der Waals surface area contributed by atoms with E-state index in [4.69, 9.17) is 4.42 Å². The van der Waals surface area contributed by atoms with E-state index in [2.05, 4.69) is 47.3 Å². The Morgan fingerprint density at radius 1 is 0.800 bits per heavy atom. The Morgan fingerprint density at radius 2 is 1.52 bits per heavy atom. The van der Waals surface area contributed by atoms with Crippen LogP contribution in [0.3, 0.4) is 0 Å². The first-order valence-corrected chi connectivity index (χ1v) is 7.85. The minimum Gasteiger partial charge on any atom is -1.00 e. The van der Waals surface area contributed by atoms with Gasteiger partial charge in [-0.1, -0.05) is 30.3 Å². The molecule has 0 atom stereocenters. The lowest BCUT2D eigenvalue weighted by atomic mass is 10.1. The lowest BCUT2D eigenvalue weighted by molar-refractivity contribution is -0.688. The van der Waals surface area contributed by atoms with Crippen molar-refractivity contribution < 1.29 is 26.0 Å². The van der Waals surface area contributed by atoms with Crippen LogP contribution in [0.1, 0.15) is 5.56 Å². The van der Waals surface area contributed by atoms with Crippen molar-refractivity contribution in [2.75, 3.05) is 0 Å². The van der Waals surface area contributed by atoms with Crippen molar-refractivity contribution in [3.63, 3.8) is 0 Å². The molecule has 0 fully saturated rings. The molecule has 0 unspecified atom stereocenters. The van der Waals surface area contributed by atoms with Crippen molar-refractivity contribution in [3.05, 3.63) is 101 Å². The van der Waals surface area contributed by atoms with E-state index in [1.54, 1.807) is 6.07 Å². The van der Waals surface area contributed by atoms with Crippen molar-refractivity contribution in [2.24, 2.45) is 0 Å². The maximum atomic E-state index is 11.2. The molecule has 0 spiro atoms. The van der Waals surface area contributed by atoms with Gasteiger partial charge in [-0.25, -0.2) is 9.36 Å². The molecule has 124 valence electrons. The van der Waals surface area contributed by atoms with Crippen LogP contribution in [-0.2, 0) is 6.54 Å². The van der Waals surface area contributed by atoms with Gasteiger partial charge < -0.3 is 21.4 Å². The molecule has 0 radical (unpaired) electrons. The fourth-order valence-electron chi connectivity index (χ4n) is 2.82. The third-order valence-corrected chi connectivity index (χ3v) is 4.05. The highest BCUT2D eigenvalue weighted by atomic mass is 79.9. The molecule has 3 nitrogen and oxygen atoms in total. The van der Waals surface area contributed by atoms with Gasteiger partial charge in [0.05, 0.1) is 0 Å². The summed E-state index contributed by atoms with van der Waals surface area (Å²) in [5, 5.41) is 0.939. The maximum absolute atomic E-state index is 11.2. The van der Waals surface area contributed by atoms with Crippen LogP contribution in [0.15, 0.2) is 94.4 Å². The molecule has 4 aromatic rings. The SMILES string of the molecule is O=c1ccc2cc(C[n+]3ccc(-c4ccccc4)cc3)ccc2o1.[Br-]. The third kappa shape index (κ3) is 3.86. The number of nitrogens with zero attached hydrogens (tertiary/aromatic N) is 1. The van der Waals surface area contributed by atoms with Crippen molar-refractivity contribution in [3.8, 4) is 11.1 Å². The molecule has 0 saturated heterocycles. The monoisotopic (exact) mass is 393 g/mol. The second-order valence-electron chi connectivity index (χ2n) is 5.75. The highest BCUT2D eigenvalue weighted by molar-refractivity contribution is 5.76. The average molecular weight is 394 g/mol. The molecule has 0 saturated carbocycles. The smallest absolute Gasteiger partial charge is 0.336 e. The molecule has 0 aliphatic carbocycles. The molecule has 25 heavy (non-hydrogen) atoms. The molecular weight excluding hydrogens is 378 g/mol. The lowest BCUT2D eigenvalue weighted by Crippen LogP contribution is -3.00. The molecule has 0 aliphatic heterocycles. The third-order valence-electron chi connectivity index (χ3n) is 4.05. The standard InChI is InChI=1S/C21H16NO2.BrH/c23-21-9-7-19-14-16(6-8-20(19)24-21)15-22-12-10-18(11-13-22)17-4-2-1-3-5-17;/h1-14H,15H2;1H/q+1;/p-1. The number of pyridine rings is 1. The fourth-order valence-corrected chi connectivity index (χ4v) is 2.82. The van der Waals surface area contributed by atoms with E-state index in [1.807, 2.05) is 30.3 Å². The number of hydrogen-bond donors (Lipinski definition) is 0. The Balaban J connectivity index is 0.00000182. The van der Waals surface area contributed by atoms with Gasteiger partial charge in [0.1, 0.15) is 5.58 Å². The van der Waals surface area contributed by atoms with Crippen LogP contribution in [0.25, 0.3) is 22.1 Å². The topological polar surface area (TPSA) is 34.1 Å². The van der Waals surface area contributed by atoms with Gasteiger partial charge in [0.25, 0.3) is 0 Å². The summed E-state index contributed by atoms with van der Waals surface area (Å²) in [4.78, 5) is 11.2. The van der Waals surface area contributed by atoms with E-state index in [0.29, 0.717) is 5.58 Å². The van der Waals surface area contributed by atoms with Crippen LogP contribution in [0.2, 0.25) is 0 Å². The number of benzene rings is 2. The van der Waals surface area contributed by atoms with Crippen LogP contribution < -0.4 is 27.2 Å². The summed E-state index contributed by atoms with van der Waals surface area (Å²) in [6, 6.07) is 23.7. The minimum absolute atomic E-state index is 0. The van der Waals surface area contributed by atoms with Crippen molar-refractivity contribution in [1.29, 1.82) is 0 Å². The summed E-state index contributed by atoms with van der Waals surface area (Å²) in [7, 11) is 0. The van der Waals surface area contributed by atoms with E-state index in [1.165, 1.54) is 17.2 Å². The van der Waals surface area contributed by atoms with E-state index in [-0.39, 0.29) is 22.6 Å². The second-order valence-corrected chi connectivity index (χ2v) is 5.75. The number of aromatic nitrogens is 1. The second kappa shape index (κ2) is 7.45. The Bertz CT molecular complexity index is 1040. The zero-order valence-electron chi connectivity index (χ0n) is 13.4. The van der Waals surface area contributed by atoms with Crippen LogP contribution in [0.5, 0.6) is 0 Å². The fraction of sp³-hybridized carbons (Fsp3) is 0.0476. The molecule has 0 amide bonds. The quantitative estimate of drug-likeness (QED) is 0.381. The first-order valence-electron chi connectivity index (χ1n) is 7.85. The van der Waals surface area contributed by atoms with E-state index in [9.17, 15) is 4.79 Å². The number of hydrogen-bond acceptors (Lipinski definition) is 2. The predicted octanol–water partition coefficient (Wildman–Crippen LogP) is 0.800. The molecule has 0 aliphatic rings. The summed E-state index contributed by atoms with van der Waals surface area (Å²) in [6.45, 7) is 0.768. The molecule has 2 aromatic carbocycles. The van der Waals surface area contributed by atoms with Crippen molar-refractivity contribution in [1.82, 2.24) is 0 Å². The Hall–Kier alpha value is -2.72. The zero-order chi connectivity index (χ0) is 16.4. The van der Waals surface area contributed by atoms with Gasteiger partial charge in [-0.2, -0.15) is 0 Å². The van der Waals surface area contributed by atoms with E-state index >= 15 is 0 Å². The van der Waals surface area contributed by atoms with Crippen LogP contribution >= 0.6 is 0 Å². The molecular formula is C21H16BrNO2. The lowest BCUT2D eigenvalue weighted by Gasteiger charge is -2.02. The molecule has 0 bridgehead atoms. The van der Waals surface area contributed by atoms with Crippen LogP contribution in [0.4, 0.5) is 0 Å². The number of fused-ring (bicyclic) bond motifs is 1. The van der Waals surface area contributed by atoms with Gasteiger partial charge in [0.2, 0.25) is 0 Å². The normalized spacial score (nSPS) is 10.4. The van der Waals surface area contributed by atoms with Gasteiger partial charge in [-0.05, 0) is 35.4 Å². The predicted molar refractivity (Wildman–Crippen MR) is 93.7 cm³/mol. The van der Waals surface area contributed by atoms with Crippen molar-refractivity contribution in [2.45, 2.75) is 6.54 Å². The van der Waals surface area contributed by atoms with Crippen LogP contribution in [-0.4, -0.2) is 0 Å². The Labute approximate surface area is 156 Å². The Kier molecular flexibility index (Phi) is 5.10. The minimum atomic E-state index is -0.318. The number of rotatable bonds is 3. The average Bonchev–Trinajstić information content (AvgIpc) is 2.63. The summed E-state index contributed by atoms with van der Waals surface area (Å²) in [5.74, 6) is 0. The largest absolute Gasteiger partial charge is 1.00 e. The molecule has 2 heterocycles. The van der Waals surface area contributed by atoms with E-state index < -0.39 is 0 Å². The van der Waals surface area contributed by atoms with Crippen LogP contribution in [0, 0.1) is 0 Å². The van der Waals surface area contributed by atoms with Gasteiger partial charge in [0, 0.05) is 29.1 Å². The summed E-state index contributed by atoms with van der Waals surface area (Å²) in [5.41, 5.74) is 3.88. The summed E-state index contributed by atoms with van der Waals surface area (Å²) in [6.07, 6.45) is 4.16. The van der Waals surface area contributed by atoms with Crippen molar-refractivity contribution >= 4 is 11.0 Å². The highest BCUT2D eigenvalue weighted by Gasteiger charge is 2.06. The first-order chi connectivity index (χ1) is 11.8. The molecule has 2 aromatic heterocycles. The van der Waals surface area contributed by atoms with Gasteiger partial charge >= 0.3 is 5.63 Å². The van der Waals surface area contributed by atoms with Gasteiger partial charge in [-0.3, -0.25) is 0 Å². The van der Waals surface area contributed by atoms with Gasteiger partial charge in [0.15, 0.2) is 18.9 Å². The number of halogens is 1.